The van der Waals surface area contributed by atoms with Crippen LogP contribution in [0.15, 0.2) is 55.1 Å². The Balaban J connectivity index is 1.82. The number of aromatic nitrogens is 4. The number of amides is 1. The third-order valence-corrected chi connectivity index (χ3v) is 3.09. The minimum Gasteiger partial charge on any atom is -0.306 e. The second kappa shape index (κ2) is 6.11. The molecule has 1 aromatic carbocycles. The van der Waals surface area contributed by atoms with Gasteiger partial charge in [0.25, 0.3) is 5.91 Å². The van der Waals surface area contributed by atoms with E-state index < -0.39 is 17.6 Å². The highest BCUT2D eigenvalue weighted by atomic mass is 19.4. The van der Waals surface area contributed by atoms with Crippen LogP contribution in [0.3, 0.4) is 0 Å². The van der Waals surface area contributed by atoms with Gasteiger partial charge in [0.2, 0.25) is 0 Å². The molecule has 0 fully saturated rings. The Labute approximate surface area is 134 Å². The van der Waals surface area contributed by atoms with Crippen molar-refractivity contribution in [1.29, 1.82) is 0 Å². The normalized spacial score (nSPS) is 11.3. The van der Waals surface area contributed by atoms with Crippen LogP contribution in [0, 0.1) is 0 Å². The molecule has 0 saturated heterocycles. The fourth-order valence-electron chi connectivity index (χ4n) is 1.97. The quantitative estimate of drug-likeness (QED) is 0.800. The van der Waals surface area contributed by atoms with Gasteiger partial charge in [0, 0.05) is 24.0 Å². The first-order valence-corrected chi connectivity index (χ1v) is 6.74. The van der Waals surface area contributed by atoms with E-state index in [0.717, 1.165) is 12.1 Å². The van der Waals surface area contributed by atoms with Crippen molar-refractivity contribution in [3.8, 4) is 5.82 Å². The summed E-state index contributed by atoms with van der Waals surface area (Å²) < 4.78 is 39.6. The summed E-state index contributed by atoms with van der Waals surface area (Å²) in [7, 11) is 0. The maximum Gasteiger partial charge on any atom is 0.416 e. The first-order chi connectivity index (χ1) is 11.4. The van der Waals surface area contributed by atoms with Crippen molar-refractivity contribution in [2.75, 3.05) is 5.32 Å². The highest BCUT2D eigenvalue weighted by molar-refractivity contribution is 6.03. The highest BCUT2D eigenvalue weighted by Crippen LogP contribution is 2.29. The maximum atomic E-state index is 12.7. The monoisotopic (exact) mass is 333 g/mol. The van der Waals surface area contributed by atoms with E-state index in [-0.39, 0.29) is 11.4 Å². The minimum absolute atomic E-state index is 0.121. The first kappa shape index (κ1) is 15.7. The third-order valence-electron chi connectivity index (χ3n) is 3.09. The van der Waals surface area contributed by atoms with Gasteiger partial charge in [0.15, 0.2) is 5.82 Å². The standard InChI is InChI=1S/C15H10F3N5O/c16-15(17,18)11-4-1-3-10(7-11)14(24)22-12-8-13(20-9-19-12)23-6-2-5-21-23/h1-9H,(H,19,20,22,24). The van der Waals surface area contributed by atoms with Crippen molar-refractivity contribution >= 4 is 11.7 Å². The molecule has 1 amide bonds. The van der Waals surface area contributed by atoms with E-state index in [1.165, 1.54) is 29.2 Å². The number of anilines is 1. The molecule has 6 nitrogen and oxygen atoms in total. The molecule has 1 N–H and O–H groups in total. The van der Waals surface area contributed by atoms with E-state index in [1.807, 2.05) is 0 Å². The molecule has 0 radical (unpaired) electrons. The zero-order valence-corrected chi connectivity index (χ0v) is 12.0. The van der Waals surface area contributed by atoms with Gasteiger partial charge in [-0.05, 0) is 24.3 Å². The van der Waals surface area contributed by atoms with Crippen LogP contribution in [0.1, 0.15) is 15.9 Å². The van der Waals surface area contributed by atoms with Crippen molar-refractivity contribution < 1.29 is 18.0 Å². The molecule has 24 heavy (non-hydrogen) atoms. The van der Waals surface area contributed by atoms with Crippen LogP contribution in [0.25, 0.3) is 5.82 Å². The van der Waals surface area contributed by atoms with Gasteiger partial charge >= 0.3 is 6.18 Å². The molecule has 0 aliphatic carbocycles. The van der Waals surface area contributed by atoms with Gasteiger partial charge in [-0.3, -0.25) is 4.79 Å². The number of carbonyl (C=O) groups excluding carboxylic acids is 1. The van der Waals surface area contributed by atoms with E-state index >= 15 is 0 Å². The summed E-state index contributed by atoms with van der Waals surface area (Å²) in [5.41, 5.74) is -1.01. The summed E-state index contributed by atoms with van der Waals surface area (Å²) in [5.74, 6) is -0.140. The van der Waals surface area contributed by atoms with E-state index in [9.17, 15) is 18.0 Å². The molecule has 0 spiro atoms. The molecule has 0 bridgehead atoms. The Hall–Kier alpha value is -3.23. The second-order valence-corrected chi connectivity index (χ2v) is 4.74. The smallest absolute Gasteiger partial charge is 0.306 e. The van der Waals surface area contributed by atoms with Crippen LogP contribution in [0.4, 0.5) is 19.0 Å². The van der Waals surface area contributed by atoms with Gasteiger partial charge in [-0.1, -0.05) is 6.07 Å². The average molecular weight is 333 g/mol. The lowest BCUT2D eigenvalue weighted by Crippen LogP contribution is -2.15. The molecule has 0 unspecified atom stereocenters. The Morgan fingerprint density at radius 1 is 1.12 bits per heavy atom. The molecule has 3 rings (SSSR count). The van der Waals surface area contributed by atoms with Gasteiger partial charge in [-0.25, -0.2) is 14.6 Å². The van der Waals surface area contributed by atoms with Crippen molar-refractivity contribution in [3.05, 3.63) is 66.2 Å². The lowest BCUT2D eigenvalue weighted by Gasteiger charge is -2.09. The van der Waals surface area contributed by atoms with E-state index in [0.29, 0.717) is 5.82 Å². The van der Waals surface area contributed by atoms with Gasteiger partial charge in [-0.15, -0.1) is 0 Å². The predicted molar refractivity (Wildman–Crippen MR) is 78.6 cm³/mol. The molecule has 3 aromatic rings. The summed E-state index contributed by atoms with van der Waals surface area (Å²) >= 11 is 0. The average Bonchev–Trinajstić information content (AvgIpc) is 3.09. The number of nitrogens with zero attached hydrogens (tertiary/aromatic N) is 4. The fraction of sp³-hybridized carbons (Fsp3) is 0.0667. The highest BCUT2D eigenvalue weighted by Gasteiger charge is 2.30. The molecule has 0 aliphatic heterocycles. The molecular formula is C15H10F3N5O. The zero-order valence-electron chi connectivity index (χ0n) is 12.0. The Morgan fingerprint density at radius 3 is 2.67 bits per heavy atom. The van der Waals surface area contributed by atoms with Crippen molar-refractivity contribution in [1.82, 2.24) is 19.7 Å². The van der Waals surface area contributed by atoms with Gasteiger partial charge in [0.1, 0.15) is 12.1 Å². The van der Waals surface area contributed by atoms with Crippen molar-refractivity contribution in [2.24, 2.45) is 0 Å². The van der Waals surface area contributed by atoms with E-state index in [4.69, 9.17) is 0 Å². The van der Waals surface area contributed by atoms with Gasteiger partial charge < -0.3 is 5.32 Å². The Morgan fingerprint density at radius 2 is 1.96 bits per heavy atom. The van der Waals surface area contributed by atoms with Crippen LogP contribution in [-0.4, -0.2) is 25.7 Å². The van der Waals surface area contributed by atoms with E-state index in [2.05, 4.69) is 20.4 Å². The third kappa shape index (κ3) is 3.40. The van der Waals surface area contributed by atoms with Gasteiger partial charge in [-0.2, -0.15) is 18.3 Å². The summed E-state index contributed by atoms with van der Waals surface area (Å²) in [6, 6.07) is 7.30. The molecule has 0 atom stereocenters. The molecule has 122 valence electrons. The molecule has 9 heteroatoms. The summed E-state index contributed by atoms with van der Waals surface area (Å²) in [4.78, 5) is 20.0. The van der Waals surface area contributed by atoms with Crippen LogP contribution in [-0.2, 0) is 6.18 Å². The van der Waals surface area contributed by atoms with Gasteiger partial charge in [0.05, 0.1) is 5.56 Å². The lowest BCUT2D eigenvalue weighted by molar-refractivity contribution is -0.137. The van der Waals surface area contributed by atoms with E-state index in [1.54, 1.807) is 18.5 Å². The zero-order chi connectivity index (χ0) is 17.2. The summed E-state index contributed by atoms with van der Waals surface area (Å²) in [5, 5.41) is 6.43. The number of nitrogens with one attached hydrogen (secondary N) is 1. The number of alkyl halides is 3. The number of carbonyl (C=O) groups is 1. The predicted octanol–water partition coefficient (Wildman–Crippen LogP) is 2.93. The van der Waals surface area contributed by atoms with Crippen molar-refractivity contribution in [3.63, 3.8) is 0 Å². The first-order valence-electron chi connectivity index (χ1n) is 6.74. The number of rotatable bonds is 3. The SMILES string of the molecule is O=C(Nc1cc(-n2cccn2)ncn1)c1cccc(C(F)(F)F)c1. The van der Waals surface area contributed by atoms with Crippen LogP contribution in [0.5, 0.6) is 0 Å². The summed E-state index contributed by atoms with van der Waals surface area (Å²) in [6.07, 6.45) is -0.0824. The number of hydrogen-bond donors (Lipinski definition) is 1. The van der Waals surface area contributed by atoms with Crippen LogP contribution >= 0.6 is 0 Å². The maximum absolute atomic E-state index is 12.7. The van der Waals surface area contributed by atoms with Crippen LogP contribution in [0.2, 0.25) is 0 Å². The number of benzene rings is 1. The molecule has 2 aromatic heterocycles. The lowest BCUT2D eigenvalue weighted by atomic mass is 10.1. The Bertz CT molecular complexity index is 862. The molecular weight excluding hydrogens is 323 g/mol. The summed E-state index contributed by atoms with van der Waals surface area (Å²) in [6.45, 7) is 0. The molecule has 0 saturated carbocycles. The number of hydrogen-bond acceptors (Lipinski definition) is 4. The molecule has 2 heterocycles. The second-order valence-electron chi connectivity index (χ2n) is 4.74. The minimum atomic E-state index is -4.52. The van der Waals surface area contributed by atoms with Crippen LogP contribution < -0.4 is 5.32 Å². The largest absolute Gasteiger partial charge is 0.416 e. The molecule has 0 aliphatic rings. The topological polar surface area (TPSA) is 72.7 Å². The number of halogens is 3. The van der Waals surface area contributed by atoms with Crippen molar-refractivity contribution in [2.45, 2.75) is 6.18 Å². The Kier molecular flexibility index (Phi) is 3.98. The fourth-order valence-corrected chi connectivity index (χ4v) is 1.97.